The van der Waals surface area contributed by atoms with Crippen LogP contribution in [0.15, 0.2) is 77.3 Å². The van der Waals surface area contributed by atoms with E-state index in [1.807, 2.05) is 55.5 Å². The van der Waals surface area contributed by atoms with Crippen molar-refractivity contribution in [3.05, 3.63) is 100 Å². The number of piperidine rings is 1. The Morgan fingerprint density at radius 1 is 1.05 bits per heavy atom. The van der Waals surface area contributed by atoms with Crippen LogP contribution in [0.1, 0.15) is 44.9 Å². The van der Waals surface area contributed by atoms with Gasteiger partial charge in [-0.2, -0.15) is 5.10 Å². The van der Waals surface area contributed by atoms with Gasteiger partial charge in [0.25, 0.3) is 11.8 Å². The van der Waals surface area contributed by atoms with Crippen LogP contribution in [0.5, 0.6) is 0 Å². The normalized spacial score (nSPS) is 13.8. The van der Waals surface area contributed by atoms with Gasteiger partial charge in [-0.25, -0.2) is 4.98 Å². The maximum absolute atomic E-state index is 13.0. The van der Waals surface area contributed by atoms with Crippen molar-refractivity contribution in [2.75, 3.05) is 25.0 Å². The quantitative estimate of drug-likeness (QED) is 0.217. The van der Waals surface area contributed by atoms with E-state index in [1.165, 1.54) is 6.20 Å². The lowest BCUT2D eigenvalue weighted by Gasteiger charge is -2.22. The van der Waals surface area contributed by atoms with Gasteiger partial charge in [0.2, 0.25) is 0 Å². The number of nitrogens with one attached hydrogen (secondary N) is 3. The summed E-state index contributed by atoms with van der Waals surface area (Å²) in [6, 6.07) is 20.6. The largest absolute Gasteiger partial charge is 0.456 e. The molecule has 214 valence electrons. The first-order valence-electron chi connectivity index (χ1n) is 14.0. The number of hydrogen-bond acceptors (Lipinski definition) is 6. The molecule has 1 aliphatic rings. The van der Waals surface area contributed by atoms with Crippen LogP contribution in [0.4, 0.5) is 5.82 Å². The van der Waals surface area contributed by atoms with Crippen LogP contribution in [0, 0.1) is 12.8 Å². The first-order chi connectivity index (χ1) is 20.4. The van der Waals surface area contributed by atoms with E-state index in [2.05, 4.69) is 26.0 Å². The number of rotatable bonds is 8. The Kier molecular flexibility index (Phi) is 8.03. The van der Waals surface area contributed by atoms with Crippen LogP contribution >= 0.6 is 11.6 Å². The standard InChI is InChI=1S/C32H31ClN6O3/c1-20-13-27(32(41)37-29-8-7-23(18-35-29)31(40)36-17-21-9-11-34-12-10-21)38-39(20)19-25-15-26(33)14-24-16-28(42-30(24)25)22-5-3-2-4-6-22/h2-8,13-16,18,21,34H,9-12,17,19H2,1H3,(H,36,40)(H,35,37,41). The Morgan fingerprint density at radius 3 is 2.62 bits per heavy atom. The highest BCUT2D eigenvalue weighted by Gasteiger charge is 2.18. The molecule has 2 amide bonds. The Labute approximate surface area is 248 Å². The summed E-state index contributed by atoms with van der Waals surface area (Å²) in [5.74, 6) is 1.01. The van der Waals surface area contributed by atoms with E-state index in [0.717, 1.165) is 59.5 Å². The molecule has 0 saturated carbocycles. The van der Waals surface area contributed by atoms with Crippen LogP contribution in [0.2, 0.25) is 5.02 Å². The van der Waals surface area contributed by atoms with Gasteiger partial charge in [-0.1, -0.05) is 41.9 Å². The third kappa shape index (κ3) is 6.22. The van der Waals surface area contributed by atoms with Crippen LogP contribution in [-0.2, 0) is 6.54 Å². The number of benzene rings is 2. The molecular weight excluding hydrogens is 552 g/mol. The summed E-state index contributed by atoms with van der Waals surface area (Å²) < 4.78 is 7.98. The number of furan rings is 1. The molecule has 1 fully saturated rings. The summed E-state index contributed by atoms with van der Waals surface area (Å²) in [5, 5.41) is 15.1. The van der Waals surface area contributed by atoms with Gasteiger partial charge in [0.1, 0.15) is 17.2 Å². The van der Waals surface area contributed by atoms with Gasteiger partial charge in [0, 0.05) is 40.0 Å². The summed E-state index contributed by atoms with van der Waals surface area (Å²) in [6.07, 6.45) is 3.58. The van der Waals surface area contributed by atoms with Crippen molar-refractivity contribution in [1.82, 2.24) is 25.4 Å². The fraction of sp³-hybridized carbons (Fsp3) is 0.250. The fourth-order valence-corrected chi connectivity index (χ4v) is 5.45. The van der Waals surface area contributed by atoms with E-state index in [4.69, 9.17) is 16.0 Å². The third-order valence-electron chi connectivity index (χ3n) is 7.53. The van der Waals surface area contributed by atoms with Crippen molar-refractivity contribution < 1.29 is 14.0 Å². The highest BCUT2D eigenvalue weighted by atomic mass is 35.5. The maximum Gasteiger partial charge on any atom is 0.277 e. The molecule has 5 aromatic rings. The van der Waals surface area contributed by atoms with Crippen LogP contribution in [0.3, 0.4) is 0 Å². The smallest absolute Gasteiger partial charge is 0.277 e. The van der Waals surface area contributed by atoms with Gasteiger partial charge in [-0.05, 0) is 75.2 Å². The Morgan fingerprint density at radius 2 is 1.86 bits per heavy atom. The number of halogens is 1. The van der Waals surface area contributed by atoms with Crippen molar-refractivity contribution in [3.8, 4) is 11.3 Å². The predicted octanol–water partition coefficient (Wildman–Crippen LogP) is 5.68. The molecule has 0 aliphatic carbocycles. The topological polar surface area (TPSA) is 114 Å². The number of amides is 2. The second kappa shape index (κ2) is 12.2. The molecule has 0 spiro atoms. The lowest BCUT2D eigenvalue weighted by molar-refractivity contribution is 0.0943. The first-order valence-corrected chi connectivity index (χ1v) is 14.4. The summed E-state index contributed by atoms with van der Waals surface area (Å²) in [4.78, 5) is 29.8. The van der Waals surface area contributed by atoms with Crippen LogP contribution in [0.25, 0.3) is 22.3 Å². The monoisotopic (exact) mass is 582 g/mol. The zero-order valence-electron chi connectivity index (χ0n) is 23.2. The van der Waals surface area contributed by atoms with Crippen molar-refractivity contribution >= 4 is 40.2 Å². The molecule has 3 aromatic heterocycles. The van der Waals surface area contributed by atoms with E-state index >= 15 is 0 Å². The summed E-state index contributed by atoms with van der Waals surface area (Å²) in [5.41, 5.74) is 4.06. The second-order valence-corrected chi connectivity index (χ2v) is 11.0. The number of aromatic nitrogens is 3. The Hall–Kier alpha value is -4.47. The molecule has 42 heavy (non-hydrogen) atoms. The van der Waals surface area contributed by atoms with E-state index < -0.39 is 5.91 Å². The molecule has 4 heterocycles. The number of pyridine rings is 1. The molecule has 0 unspecified atom stereocenters. The predicted molar refractivity (Wildman–Crippen MR) is 163 cm³/mol. The third-order valence-corrected chi connectivity index (χ3v) is 7.75. The average Bonchev–Trinajstić information content (AvgIpc) is 3.61. The summed E-state index contributed by atoms with van der Waals surface area (Å²) in [7, 11) is 0. The Balaban J connectivity index is 1.12. The minimum atomic E-state index is -0.395. The Bertz CT molecular complexity index is 1720. The SMILES string of the molecule is Cc1cc(C(=O)Nc2ccc(C(=O)NCC3CCNCC3)cn2)nn1Cc1cc(Cl)cc2cc(-c3ccccc3)oc12. The lowest BCUT2D eigenvalue weighted by atomic mass is 9.98. The zero-order chi connectivity index (χ0) is 29.1. The van der Waals surface area contributed by atoms with Crippen LogP contribution in [-0.4, -0.2) is 46.2 Å². The molecule has 0 radical (unpaired) electrons. The van der Waals surface area contributed by atoms with E-state index in [-0.39, 0.29) is 11.6 Å². The number of carbonyl (C=O) groups is 2. The van der Waals surface area contributed by atoms with Gasteiger partial charge in [-0.3, -0.25) is 14.3 Å². The van der Waals surface area contributed by atoms with Gasteiger partial charge < -0.3 is 20.4 Å². The van der Waals surface area contributed by atoms with Gasteiger partial charge in [0.15, 0.2) is 5.69 Å². The van der Waals surface area contributed by atoms with E-state index in [1.54, 1.807) is 22.9 Å². The number of fused-ring (bicyclic) bond motifs is 1. The van der Waals surface area contributed by atoms with Gasteiger partial charge in [0.05, 0.1) is 12.1 Å². The highest BCUT2D eigenvalue weighted by Crippen LogP contribution is 2.32. The molecule has 6 rings (SSSR count). The molecule has 0 atom stereocenters. The molecule has 3 N–H and O–H groups in total. The molecule has 9 nitrogen and oxygen atoms in total. The summed E-state index contributed by atoms with van der Waals surface area (Å²) >= 11 is 6.45. The number of carbonyl (C=O) groups excluding carboxylic acids is 2. The van der Waals surface area contributed by atoms with Gasteiger partial charge in [-0.15, -0.1) is 0 Å². The molecule has 1 saturated heterocycles. The van der Waals surface area contributed by atoms with E-state index in [0.29, 0.717) is 35.4 Å². The number of aryl methyl sites for hydroxylation is 1. The first kappa shape index (κ1) is 27.7. The molecule has 2 aromatic carbocycles. The maximum atomic E-state index is 13.0. The van der Waals surface area contributed by atoms with Crippen LogP contribution < -0.4 is 16.0 Å². The van der Waals surface area contributed by atoms with E-state index in [9.17, 15) is 9.59 Å². The fourth-order valence-electron chi connectivity index (χ4n) is 5.20. The molecular formula is C32H31ClN6O3. The number of nitrogens with zero attached hydrogens (tertiary/aromatic N) is 3. The molecule has 10 heteroatoms. The minimum Gasteiger partial charge on any atom is -0.456 e. The van der Waals surface area contributed by atoms with Crippen molar-refractivity contribution in [3.63, 3.8) is 0 Å². The van der Waals surface area contributed by atoms with Crippen molar-refractivity contribution in [2.24, 2.45) is 5.92 Å². The second-order valence-electron chi connectivity index (χ2n) is 10.6. The van der Waals surface area contributed by atoms with Crippen molar-refractivity contribution in [1.29, 1.82) is 0 Å². The number of anilines is 1. The average molecular weight is 583 g/mol. The minimum absolute atomic E-state index is 0.171. The van der Waals surface area contributed by atoms with Crippen molar-refractivity contribution in [2.45, 2.75) is 26.3 Å². The molecule has 1 aliphatic heterocycles. The lowest BCUT2D eigenvalue weighted by Crippen LogP contribution is -2.36. The summed E-state index contributed by atoms with van der Waals surface area (Å²) in [6.45, 7) is 4.88. The zero-order valence-corrected chi connectivity index (χ0v) is 23.9. The molecule has 0 bridgehead atoms. The van der Waals surface area contributed by atoms with Gasteiger partial charge >= 0.3 is 0 Å². The highest BCUT2D eigenvalue weighted by molar-refractivity contribution is 6.31. The number of hydrogen-bond donors (Lipinski definition) is 3.